The van der Waals surface area contributed by atoms with Crippen LogP contribution in [0.4, 0.5) is 5.95 Å². The maximum absolute atomic E-state index is 12.8. The lowest BCUT2D eigenvalue weighted by Gasteiger charge is -2.13. The van der Waals surface area contributed by atoms with Gasteiger partial charge in [0, 0.05) is 12.3 Å². The van der Waals surface area contributed by atoms with E-state index in [1.54, 1.807) is 60.0 Å². The number of ether oxygens (including phenoxy) is 1. The second-order valence-electron chi connectivity index (χ2n) is 7.49. The Labute approximate surface area is 196 Å². The molecule has 9 nitrogen and oxygen atoms in total. The standard InChI is InChI=1S/C24H22N4O5S/c1-16-7-8-17(2)21(14-16)34(30,31)33-19-11-9-18(15-20(19)32-3)10-12-23(29)25-24-27-26-22-6-4-5-13-28(22)24/h4-15H,1-3H3,(H,25,27,29)/b12-10+. The number of benzene rings is 2. The number of aryl methyl sites for hydroxylation is 2. The quantitative estimate of drug-likeness (QED) is 0.318. The van der Waals surface area contributed by atoms with E-state index in [9.17, 15) is 13.2 Å². The molecule has 1 N–H and O–H groups in total. The first-order valence-electron chi connectivity index (χ1n) is 10.3. The highest BCUT2D eigenvalue weighted by Crippen LogP contribution is 2.32. The van der Waals surface area contributed by atoms with Crippen molar-refractivity contribution in [2.75, 3.05) is 12.4 Å². The zero-order chi connectivity index (χ0) is 24.3. The van der Waals surface area contributed by atoms with Gasteiger partial charge in [-0.15, -0.1) is 10.2 Å². The molecule has 0 saturated carbocycles. The van der Waals surface area contributed by atoms with Crippen molar-refractivity contribution in [3.63, 3.8) is 0 Å². The Morgan fingerprint density at radius 1 is 1.03 bits per heavy atom. The Kier molecular flexibility index (Phi) is 6.33. The number of carbonyl (C=O) groups is 1. The van der Waals surface area contributed by atoms with E-state index in [-0.39, 0.29) is 16.4 Å². The third-order valence-corrected chi connectivity index (χ3v) is 6.35. The summed E-state index contributed by atoms with van der Waals surface area (Å²) in [6.45, 7) is 3.51. The molecule has 0 radical (unpaired) electrons. The third-order valence-electron chi connectivity index (χ3n) is 4.98. The minimum Gasteiger partial charge on any atom is -0.493 e. The fraction of sp³-hybridized carbons (Fsp3) is 0.125. The summed E-state index contributed by atoms with van der Waals surface area (Å²) in [5.74, 6) is 0.137. The molecule has 4 aromatic rings. The van der Waals surface area contributed by atoms with Crippen LogP contribution in [-0.2, 0) is 14.9 Å². The van der Waals surface area contributed by atoms with Crippen LogP contribution in [0, 0.1) is 13.8 Å². The predicted octanol–water partition coefficient (Wildman–Crippen LogP) is 3.77. The number of carbonyl (C=O) groups excluding carboxylic acids is 1. The van der Waals surface area contributed by atoms with Crippen molar-refractivity contribution in [2.45, 2.75) is 18.7 Å². The van der Waals surface area contributed by atoms with Crippen molar-refractivity contribution in [1.82, 2.24) is 14.6 Å². The molecule has 4 rings (SSSR count). The van der Waals surface area contributed by atoms with E-state index in [1.807, 2.05) is 19.1 Å². The van der Waals surface area contributed by atoms with Gasteiger partial charge in [0.25, 0.3) is 5.91 Å². The van der Waals surface area contributed by atoms with Gasteiger partial charge in [-0.1, -0.05) is 24.3 Å². The van der Waals surface area contributed by atoms with Crippen molar-refractivity contribution in [3.8, 4) is 11.5 Å². The van der Waals surface area contributed by atoms with Crippen LogP contribution in [0.3, 0.4) is 0 Å². The number of fused-ring (bicyclic) bond motifs is 1. The molecule has 2 heterocycles. The van der Waals surface area contributed by atoms with Gasteiger partial charge in [-0.05, 0) is 66.9 Å². The molecule has 174 valence electrons. The van der Waals surface area contributed by atoms with E-state index >= 15 is 0 Å². The second-order valence-corrected chi connectivity index (χ2v) is 9.01. The van der Waals surface area contributed by atoms with E-state index in [2.05, 4.69) is 15.5 Å². The van der Waals surface area contributed by atoms with Crippen molar-refractivity contribution < 1.29 is 22.1 Å². The van der Waals surface area contributed by atoms with Gasteiger partial charge in [-0.3, -0.25) is 14.5 Å². The van der Waals surface area contributed by atoms with Gasteiger partial charge in [0.15, 0.2) is 17.1 Å². The number of amides is 1. The summed E-state index contributed by atoms with van der Waals surface area (Å²) in [5.41, 5.74) is 2.60. The number of pyridine rings is 1. The summed E-state index contributed by atoms with van der Waals surface area (Å²) in [4.78, 5) is 12.4. The van der Waals surface area contributed by atoms with Crippen molar-refractivity contribution in [1.29, 1.82) is 0 Å². The number of rotatable bonds is 7. The van der Waals surface area contributed by atoms with Gasteiger partial charge >= 0.3 is 10.1 Å². The number of anilines is 1. The summed E-state index contributed by atoms with van der Waals surface area (Å²) in [6.07, 6.45) is 4.63. The molecule has 0 unspecified atom stereocenters. The molecular weight excluding hydrogens is 456 g/mol. The first kappa shape index (κ1) is 23.0. The lowest BCUT2D eigenvalue weighted by molar-refractivity contribution is -0.111. The van der Waals surface area contributed by atoms with Crippen LogP contribution >= 0.6 is 0 Å². The molecule has 0 aliphatic carbocycles. The van der Waals surface area contributed by atoms with E-state index in [1.165, 1.54) is 19.3 Å². The van der Waals surface area contributed by atoms with E-state index < -0.39 is 16.0 Å². The molecule has 0 aliphatic heterocycles. The first-order valence-corrected chi connectivity index (χ1v) is 11.7. The smallest absolute Gasteiger partial charge is 0.339 e. The number of hydrogen-bond acceptors (Lipinski definition) is 7. The molecule has 0 fully saturated rings. The van der Waals surface area contributed by atoms with Crippen LogP contribution in [0.2, 0.25) is 0 Å². The molecule has 2 aromatic heterocycles. The van der Waals surface area contributed by atoms with Crippen LogP contribution in [0.1, 0.15) is 16.7 Å². The molecule has 10 heteroatoms. The van der Waals surface area contributed by atoms with E-state index in [0.717, 1.165) is 5.56 Å². The highest BCUT2D eigenvalue weighted by atomic mass is 32.2. The molecule has 0 spiro atoms. The van der Waals surface area contributed by atoms with Crippen LogP contribution in [0.15, 0.2) is 71.8 Å². The zero-order valence-corrected chi connectivity index (χ0v) is 19.5. The minimum absolute atomic E-state index is 0.0416. The van der Waals surface area contributed by atoms with Gasteiger partial charge in [-0.25, -0.2) is 0 Å². The molecule has 1 amide bonds. The van der Waals surface area contributed by atoms with E-state index in [4.69, 9.17) is 8.92 Å². The lowest BCUT2D eigenvalue weighted by atomic mass is 10.2. The van der Waals surface area contributed by atoms with E-state index in [0.29, 0.717) is 22.7 Å². The molecule has 0 bridgehead atoms. The second kappa shape index (κ2) is 9.36. The van der Waals surface area contributed by atoms with Crippen LogP contribution in [-0.4, -0.2) is 36.0 Å². The number of nitrogens with one attached hydrogen (secondary N) is 1. The van der Waals surface area contributed by atoms with Gasteiger partial charge in [-0.2, -0.15) is 8.42 Å². The summed E-state index contributed by atoms with van der Waals surface area (Å²) < 4.78 is 38.0. The van der Waals surface area contributed by atoms with Crippen molar-refractivity contribution in [3.05, 3.63) is 83.6 Å². The largest absolute Gasteiger partial charge is 0.493 e. The average Bonchev–Trinajstić information content (AvgIpc) is 3.22. The highest BCUT2D eigenvalue weighted by molar-refractivity contribution is 7.87. The maximum Gasteiger partial charge on any atom is 0.339 e. The molecular formula is C24H22N4O5S. The third kappa shape index (κ3) is 4.91. The van der Waals surface area contributed by atoms with Gasteiger partial charge in [0.05, 0.1) is 7.11 Å². The lowest BCUT2D eigenvalue weighted by Crippen LogP contribution is -2.12. The molecule has 0 saturated heterocycles. The molecule has 34 heavy (non-hydrogen) atoms. The number of aromatic nitrogens is 3. The molecule has 0 atom stereocenters. The maximum atomic E-state index is 12.8. The number of nitrogens with zero attached hydrogens (tertiary/aromatic N) is 3. The van der Waals surface area contributed by atoms with Crippen LogP contribution < -0.4 is 14.2 Å². The normalized spacial score (nSPS) is 11.6. The average molecular weight is 479 g/mol. The summed E-state index contributed by atoms with van der Waals surface area (Å²) in [6, 6.07) is 15.2. The minimum atomic E-state index is -4.06. The van der Waals surface area contributed by atoms with Crippen molar-refractivity contribution in [2.24, 2.45) is 0 Å². The highest BCUT2D eigenvalue weighted by Gasteiger charge is 2.21. The topological polar surface area (TPSA) is 112 Å². The SMILES string of the molecule is COc1cc(/C=C/C(=O)Nc2nnc3ccccn23)ccc1OS(=O)(=O)c1cc(C)ccc1C. The monoisotopic (exact) mass is 478 g/mol. The van der Waals surface area contributed by atoms with Gasteiger partial charge in [0.1, 0.15) is 4.90 Å². The van der Waals surface area contributed by atoms with Gasteiger partial charge in [0.2, 0.25) is 5.95 Å². The summed E-state index contributed by atoms with van der Waals surface area (Å²) in [5, 5.41) is 10.6. The fourth-order valence-corrected chi connectivity index (χ4v) is 4.50. The predicted molar refractivity (Wildman–Crippen MR) is 127 cm³/mol. The molecule has 0 aliphatic rings. The Hall–Kier alpha value is -4.18. The van der Waals surface area contributed by atoms with Crippen LogP contribution in [0.25, 0.3) is 11.7 Å². The van der Waals surface area contributed by atoms with Gasteiger partial charge < -0.3 is 8.92 Å². The fourth-order valence-electron chi connectivity index (χ4n) is 3.25. The Morgan fingerprint density at radius 3 is 2.65 bits per heavy atom. The zero-order valence-electron chi connectivity index (χ0n) is 18.7. The number of hydrogen-bond donors (Lipinski definition) is 1. The van der Waals surface area contributed by atoms with Crippen molar-refractivity contribution >= 4 is 33.7 Å². The summed E-state index contributed by atoms with van der Waals surface area (Å²) in [7, 11) is -2.66. The first-order chi connectivity index (χ1) is 16.3. The number of methoxy groups -OCH3 is 1. The Balaban J connectivity index is 1.51. The Morgan fingerprint density at radius 2 is 1.85 bits per heavy atom. The summed E-state index contributed by atoms with van der Waals surface area (Å²) >= 11 is 0. The Bertz CT molecular complexity index is 1510. The molecule has 2 aromatic carbocycles. The van der Waals surface area contributed by atoms with Crippen LogP contribution in [0.5, 0.6) is 11.5 Å².